The Labute approximate surface area is 131 Å². The van der Waals surface area contributed by atoms with Gasteiger partial charge in [-0.25, -0.2) is 0 Å². The van der Waals surface area contributed by atoms with Crippen LogP contribution < -0.4 is 4.72 Å². The van der Waals surface area contributed by atoms with Crippen LogP contribution in [-0.2, 0) is 14.9 Å². The summed E-state index contributed by atoms with van der Waals surface area (Å²) in [4.78, 5) is 0. The zero-order valence-corrected chi connectivity index (χ0v) is 13.8. The molecular weight excluding hydrogens is 302 g/mol. The highest BCUT2D eigenvalue weighted by Crippen LogP contribution is 2.18. The first-order valence-electron chi connectivity index (χ1n) is 7.24. The van der Waals surface area contributed by atoms with E-state index in [1.165, 1.54) is 4.31 Å². The van der Waals surface area contributed by atoms with Crippen molar-refractivity contribution in [2.45, 2.75) is 39.0 Å². The zero-order valence-electron chi connectivity index (χ0n) is 13.0. The summed E-state index contributed by atoms with van der Waals surface area (Å²) in [6.45, 7) is 6.20. The summed E-state index contributed by atoms with van der Waals surface area (Å²) in [5, 5.41) is 8.79. The molecule has 7 heteroatoms. The van der Waals surface area contributed by atoms with Crippen molar-refractivity contribution in [1.29, 1.82) is 5.26 Å². The molecule has 0 saturated carbocycles. The summed E-state index contributed by atoms with van der Waals surface area (Å²) in [7, 11) is -3.57. The minimum Gasteiger partial charge on any atom is -0.373 e. The van der Waals surface area contributed by atoms with Crippen LogP contribution in [0.25, 0.3) is 0 Å². The first-order chi connectivity index (χ1) is 10.3. The van der Waals surface area contributed by atoms with Crippen molar-refractivity contribution in [2.75, 3.05) is 13.1 Å². The topological polar surface area (TPSA) is 82.4 Å². The number of nitriles is 1. The average Bonchev–Trinajstić information content (AvgIpc) is 2.46. The third kappa shape index (κ3) is 4.05. The lowest BCUT2D eigenvalue weighted by molar-refractivity contribution is -0.0444. The molecule has 1 fully saturated rings. The molecule has 3 atom stereocenters. The summed E-state index contributed by atoms with van der Waals surface area (Å²) >= 11 is 0. The lowest BCUT2D eigenvalue weighted by Gasteiger charge is -2.35. The van der Waals surface area contributed by atoms with Crippen LogP contribution >= 0.6 is 0 Å². The number of morpholine rings is 1. The van der Waals surface area contributed by atoms with E-state index in [0.717, 1.165) is 5.56 Å². The fraction of sp³-hybridized carbons (Fsp3) is 0.533. The van der Waals surface area contributed by atoms with Crippen LogP contribution in [0.15, 0.2) is 24.3 Å². The minimum absolute atomic E-state index is 0.120. The van der Waals surface area contributed by atoms with Crippen LogP contribution in [0.3, 0.4) is 0 Å². The highest BCUT2D eigenvalue weighted by Gasteiger charge is 2.31. The molecule has 1 heterocycles. The molecule has 0 radical (unpaired) electrons. The summed E-state index contributed by atoms with van der Waals surface area (Å²) in [6.07, 6.45) is -0.240. The van der Waals surface area contributed by atoms with E-state index < -0.39 is 10.2 Å². The molecule has 1 aliphatic heterocycles. The summed E-state index contributed by atoms with van der Waals surface area (Å²) in [5.74, 6) is 0. The summed E-state index contributed by atoms with van der Waals surface area (Å²) in [5.41, 5.74) is 1.37. The van der Waals surface area contributed by atoms with Crippen molar-refractivity contribution in [2.24, 2.45) is 0 Å². The van der Waals surface area contributed by atoms with Gasteiger partial charge in [0, 0.05) is 19.1 Å². The smallest absolute Gasteiger partial charge is 0.280 e. The fourth-order valence-electron chi connectivity index (χ4n) is 2.54. The van der Waals surface area contributed by atoms with Gasteiger partial charge in [-0.15, -0.1) is 0 Å². The molecule has 120 valence electrons. The fourth-order valence-corrected chi connectivity index (χ4v) is 4.08. The number of nitrogens with one attached hydrogen (secondary N) is 1. The van der Waals surface area contributed by atoms with Crippen LogP contribution in [-0.4, -0.2) is 38.0 Å². The predicted molar refractivity (Wildman–Crippen MR) is 83.2 cm³/mol. The van der Waals surface area contributed by atoms with Crippen molar-refractivity contribution in [3.63, 3.8) is 0 Å². The zero-order chi connectivity index (χ0) is 16.3. The highest BCUT2D eigenvalue weighted by molar-refractivity contribution is 7.87. The number of ether oxygens (including phenoxy) is 1. The summed E-state index contributed by atoms with van der Waals surface area (Å²) in [6, 6.07) is 8.55. The molecule has 22 heavy (non-hydrogen) atoms. The van der Waals surface area contributed by atoms with Gasteiger partial charge in [0.15, 0.2) is 0 Å². The second-order valence-corrected chi connectivity index (χ2v) is 7.35. The molecule has 0 spiro atoms. The maximum absolute atomic E-state index is 12.5. The van der Waals surface area contributed by atoms with Gasteiger partial charge in [0.1, 0.15) is 0 Å². The van der Waals surface area contributed by atoms with Crippen LogP contribution in [0.4, 0.5) is 0 Å². The predicted octanol–water partition coefficient (Wildman–Crippen LogP) is 1.56. The normalized spacial score (nSPS) is 24.6. The van der Waals surface area contributed by atoms with Crippen LogP contribution in [0.5, 0.6) is 0 Å². The maximum atomic E-state index is 12.5. The second kappa shape index (κ2) is 6.75. The van der Waals surface area contributed by atoms with Crippen LogP contribution in [0, 0.1) is 11.3 Å². The van der Waals surface area contributed by atoms with Crippen molar-refractivity contribution >= 4 is 10.2 Å². The van der Waals surface area contributed by atoms with E-state index in [2.05, 4.69) is 4.72 Å². The number of hydrogen-bond donors (Lipinski definition) is 1. The Morgan fingerprint density at radius 3 is 2.32 bits per heavy atom. The van der Waals surface area contributed by atoms with Gasteiger partial charge in [-0.05, 0) is 38.5 Å². The number of hydrogen-bond acceptors (Lipinski definition) is 4. The average molecular weight is 323 g/mol. The lowest BCUT2D eigenvalue weighted by atomic mass is 10.1. The van der Waals surface area contributed by atoms with Gasteiger partial charge < -0.3 is 4.74 Å². The van der Waals surface area contributed by atoms with E-state index in [1.807, 2.05) is 19.9 Å². The van der Waals surface area contributed by atoms with Crippen LogP contribution in [0.1, 0.15) is 37.9 Å². The van der Waals surface area contributed by atoms with Gasteiger partial charge in [0.25, 0.3) is 10.2 Å². The lowest BCUT2D eigenvalue weighted by Crippen LogP contribution is -2.52. The molecule has 2 rings (SSSR count). The van der Waals surface area contributed by atoms with E-state index >= 15 is 0 Å². The molecule has 0 aromatic heterocycles. The first-order valence-corrected chi connectivity index (χ1v) is 8.68. The third-order valence-electron chi connectivity index (χ3n) is 3.59. The molecular formula is C15H21N3O3S. The third-order valence-corrected chi connectivity index (χ3v) is 5.22. The SMILES string of the molecule is C[C@@H]1CN(S(=O)(=O)N[C@@H](C)c2ccc(C#N)cc2)C[C@@H](C)O1. The first kappa shape index (κ1) is 16.9. The van der Waals surface area contributed by atoms with E-state index in [0.29, 0.717) is 18.7 Å². The van der Waals surface area contributed by atoms with Gasteiger partial charge in [0.2, 0.25) is 0 Å². The van der Waals surface area contributed by atoms with E-state index in [-0.39, 0.29) is 18.2 Å². The second-order valence-electron chi connectivity index (χ2n) is 5.65. The van der Waals surface area contributed by atoms with E-state index in [1.54, 1.807) is 31.2 Å². The Balaban J connectivity index is 2.08. The van der Waals surface area contributed by atoms with Gasteiger partial charge in [0.05, 0.1) is 23.8 Å². The Kier molecular flexibility index (Phi) is 5.19. The Bertz CT molecular complexity index is 642. The summed E-state index contributed by atoms with van der Waals surface area (Å²) < 4.78 is 34.6. The van der Waals surface area contributed by atoms with Crippen molar-refractivity contribution in [3.05, 3.63) is 35.4 Å². The molecule has 1 N–H and O–H groups in total. The van der Waals surface area contributed by atoms with Crippen molar-refractivity contribution < 1.29 is 13.2 Å². The molecule has 0 aliphatic carbocycles. The van der Waals surface area contributed by atoms with E-state index in [4.69, 9.17) is 10.00 Å². The minimum atomic E-state index is -3.57. The van der Waals surface area contributed by atoms with Gasteiger partial charge in [-0.3, -0.25) is 0 Å². The highest BCUT2D eigenvalue weighted by atomic mass is 32.2. The Morgan fingerprint density at radius 1 is 1.27 bits per heavy atom. The standard InChI is InChI=1S/C15H21N3O3S/c1-11-9-18(10-12(2)21-11)22(19,20)17-13(3)15-6-4-14(8-16)5-7-15/h4-7,11-13,17H,9-10H2,1-3H3/t11-,12-,13+/m1/s1. The number of nitrogens with zero attached hydrogens (tertiary/aromatic N) is 2. The molecule has 1 aromatic carbocycles. The van der Waals surface area contributed by atoms with Crippen molar-refractivity contribution in [3.8, 4) is 6.07 Å². The van der Waals surface area contributed by atoms with Crippen molar-refractivity contribution in [1.82, 2.24) is 9.03 Å². The number of rotatable bonds is 4. The molecule has 1 aromatic rings. The largest absolute Gasteiger partial charge is 0.373 e. The van der Waals surface area contributed by atoms with Gasteiger partial charge in [-0.1, -0.05) is 12.1 Å². The molecule has 1 aliphatic rings. The van der Waals surface area contributed by atoms with Gasteiger partial charge >= 0.3 is 0 Å². The maximum Gasteiger partial charge on any atom is 0.280 e. The quantitative estimate of drug-likeness (QED) is 0.911. The van der Waals surface area contributed by atoms with Crippen LogP contribution in [0.2, 0.25) is 0 Å². The van der Waals surface area contributed by atoms with E-state index in [9.17, 15) is 8.42 Å². The monoisotopic (exact) mass is 323 g/mol. The molecule has 0 amide bonds. The molecule has 1 saturated heterocycles. The Morgan fingerprint density at radius 2 is 1.82 bits per heavy atom. The molecule has 6 nitrogen and oxygen atoms in total. The Hall–Kier alpha value is -1.46. The molecule has 0 bridgehead atoms. The van der Waals surface area contributed by atoms with Gasteiger partial charge in [-0.2, -0.15) is 22.7 Å². The number of benzene rings is 1. The molecule has 0 unspecified atom stereocenters.